The second-order valence-corrected chi connectivity index (χ2v) is 5.27. The molecular formula is C13H21NO. The van der Waals surface area contributed by atoms with E-state index >= 15 is 0 Å². The van der Waals surface area contributed by atoms with E-state index in [1.165, 1.54) is 25.7 Å². The predicted octanol–water partition coefficient (Wildman–Crippen LogP) is 2.60. The van der Waals surface area contributed by atoms with E-state index in [-0.39, 0.29) is 5.91 Å². The molecule has 2 nitrogen and oxygen atoms in total. The number of amides is 1. The van der Waals surface area contributed by atoms with Crippen LogP contribution in [0.3, 0.4) is 0 Å². The summed E-state index contributed by atoms with van der Waals surface area (Å²) in [6, 6.07) is 0. The van der Waals surface area contributed by atoms with Crippen molar-refractivity contribution < 1.29 is 4.79 Å². The van der Waals surface area contributed by atoms with Crippen molar-refractivity contribution in [1.29, 1.82) is 0 Å². The SMILES string of the molecule is CC(C)=CC(=O)N1C[C@H]2CCCC[C@H]2C1. The van der Waals surface area contributed by atoms with Crippen LogP contribution < -0.4 is 0 Å². The molecule has 2 rings (SSSR count). The van der Waals surface area contributed by atoms with E-state index in [1.807, 2.05) is 18.7 Å². The van der Waals surface area contributed by atoms with Crippen LogP contribution in [0.2, 0.25) is 0 Å². The van der Waals surface area contributed by atoms with E-state index in [0.717, 1.165) is 30.5 Å². The summed E-state index contributed by atoms with van der Waals surface area (Å²) in [6.45, 7) is 5.99. The highest BCUT2D eigenvalue weighted by Crippen LogP contribution is 2.36. The van der Waals surface area contributed by atoms with Crippen molar-refractivity contribution in [3.63, 3.8) is 0 Å². The number of carbonyl (C=O) groups is 1. The van der Waals surface area contributed by atoms with Gasteiger partial charge in [0.25, 0.3) is 0 Å². The Morgan fingerprint density at radius 2 is 1.67 bits per heavy atom. The second kappa shape index (κ2) is 4.38. The van der Waals surface area contributed by atoms with Gasteiger partial charge in [-0.15, -0.1) is 0 Å². The average Bonchev–Trinajstić information content (AvgIpc) is 2.59. The molecule has 0 bridgehead atoms. The highest BCUT2D eigenvalue weighted by atomic mass is 16.2. The molecule has 2 atom stereocenters. The maximum absolute atomic E-state index is 11.8. The number of fused-ring (bicyclic) bond motifs is 1. The van der Waals surface area contributed by atoms with Crippen LogP contribution >= 0.6 is 0 Å². The molecule has 2 aliphatic rings. The van der Waals surface area contributed by atoms with Crippen molar-refractivity contribution in [1.82, 2.24) is 4.90 Å². The lowest BCUT2D eigenvalue weighted by Gasteiger charge is -2.22. The van der Waals surface area contributed by atoms with Gasteiger partial charge in [-0.2, -0.15) is 0 Å². The molecule has 0 aromatic rings. The third-order valence-electron chi connectivity index (χ3n) is 3.70. The number of carbonyl (C=O) groups excluding carboxylic acids is 1. The molecule has 0 unspecified atom stereocenters. The van der Waals surface area contributed by atoms with Crippen molar-refractivity contribution >= 4 is 5.91 Å². The van der Waals surface area contributed by atoms with Gasteiger partial charge in [-0.25, -0.2) is 0 Å². The number of likely N-dealkylation sites (tertiary alicyclic amines) is 1. The Kier molecular flexibility index (Phi) is 3.13. The van der Waals surface area contributed by atoms with Gasteiger partial charge in [0.1, 0.15) is 0 Å². The Morgan fingerprint density at radius 3 is 2.13 bits per heavy atom. The van der Waals surface area contributed by atoms with Crippen molar-refractivity contribution in [3.8, 4) is 0 Å². The zero-order chi connectivity index (χ0) is 10.8. The first-order valence-corrected chi connectivity index (χ1v) is 6.10. The fraction of sp³-hybridized carbons (Fsp3) is 0.769. The maximum atomic E-state index is 11.8. The smallest absolute Gasteiger partial charge is 0.246 e. The summed E-state index contributed by atoms with van der Waals surface area (Å²) >= 11 is 0. The molecule has 1 heterocycles. The lowest BCUT2D eigenvalue weighted by molar-refractivity contribution is -0.125. The molecule has 0 N–H and O–H groups in total. The van der Waals surface area contributed by atoms with Gasteiger partial charge < -0.3 is 4.90 Å². The molecule has 84 valence electrons. The average molecular weight is 207 g/mol. The van der Waals surface area contributed by atoms with Gasteiger partial charge in [0, 0.05) is 19.2 Å². The molecule has 1 aliphatic heterocycles. The van der Waals surface area contributed by atoms with Crippen LogP contribution in [-0.2, 0) is 4.79 Å². The summed E-state index contributed by atoms with van der Waals surface area (Å²) in [7, 11) is 0. The predicted molar refractivity (Wildman–Crippen MR) is 61.5 cm³/mol. The van der Waals surface area contributed by atoms with E-state index in [9.17, 15) is 4.79 Å². The number of allylic oxidation sites excluding steroid dienone is 1. The van der Waals surface area contributed by atoms with Gasteiger partial charge in [0.15, 0.2) is 0 Å². The Labute approximate surface area is 92.3 Å². The fourth-order valence-electron chi connectivity index (χ4n) is 2.92. The third-order valence-corrected chi connectivity index (χ3v) is 3.70. The Morgan fingerprint density at radius 1 is 1.13 bits per heavy atom. The van der Waals surface area contributed by atoms with Crippen LogP contribution in [0.4, 0.5) is 0 Å². The first-order chi connectivity index (χ1) is 7.16. The molecule has 0 spiro atoms. The zero-order valence-corrected chi connectivity index (χ0v) is 9.83. The fourth-order valence-corrected chi connectivity index (χ4v) is 2.92. The van der Waals surface area contributed by atoms with Crippen LogP contribution in [0.15, 0.2) is 11.6 Å². The Bertz CT molecular complexity index is 264. The van der Waals surface area contributed by atoms with Gasteiger partial charge >= 0.3 is 0 Å². The first kappa shape index (κ1) is 10.7. The quantitative estimate of drug-likeness (QED) is 0.605. The van der Waals surface area contributed by atoms with Crippen LogP contribution in [-0.4, -0.2) is 23.9 Å². The Balaban J connectivity index is 1.96. The molecule has 1 saturated heterocycles. The van der Waals surface area contributed by atoms with Crippen LogP contribution in [0.5, 0.6) is 0 Å². The molecule has 1 aliphatic carbocycles. The van der Waals surface area contributed by atoms with Gasteiger partial charge in [-0.3, -0.25) is 4.79 Å². The second-order valence-electron chi connectivity index (χ2n) is 5.27. The lowest BCUT2D eigenvalue weighted by Crippen LogP contribution is -2.27. The summed E-state index contributed by atoms with van der Waals surface area (Å²) in [5.41, 5.74) is 1.11. The van der Waals surface area contributed by atoms with E-state index in [2.05, 4.69) is 0 Å². The maximum Gasteiger partial charge on any atom is 0.246 e. The highest BCUT2D eigenvalue weighted by molar-refractivity contribution is 5.88. The summed E-state index contributed by atoms with van der Waals surface area (Å²) in [5.74, 6) is 1.82. The number of nitrogens with zero attached hydrogens (tertiary/aromatic N) is 1. The van der Waals surface area contributed by atoms with Crippen molar-refractivity contribution in [3.05, 3.63) is 11.6 Å². The molecule has 2 fully saturated rings. The minimum absolute atomic E-state index is 0.226. The van der Waals surface area contributed by atoms with E-state index in [1.54, 1.807) is 6.08 Å². The minimum Gasteiger partial charge on any atom is -0.339 e. The van der Waals surface area contributed by atoms with Gasteiger partial charge in [-0.05, 0) is 38.5 Å². The molecule has 2 heteroatoms. The number of hydrogen-bond donors (Lipinski definition) is 0. The van der Waals surface area contributed by atoms with Gasteiger partial charge in [0.05, 0.1) is 0 Å². The van der Waals surface area contributed by atoms with Crippen LogP contribution in [0.25, 0.3) is 0 Å². The molecule has 0 aromatic heterocycles. The van der Waals surface area contributed by atoms with Crippen molar-refractivity contribution in [2.45, 2.75) is 39.5 Å². The molecule has 15 heavy (non-hydrogen) atoms. The topological polar surface area (TPSA) is 20.3 Å². The molecule has 0 radical (unpaired) electrons. The largest absolute Gasteiger partial charge is 0.339 e. The van der Waals surface area contributed by atoms with Crippen LogP contribution in [0, 0.1) is 11.8 Å². The van der Waals surface area contributed by atoms with Crippen molar-refractivity contribution in [2.24, 2.45) is 11.8 Å². The van der Waals surface area contributed by atoms with E-state index < -0.39 is 0 Å². The summed E-state index contributed by atoms with van der Waals surface area (Å²) < 4.78 is 0. The summed E-state index contributed by atoms with van der Waals surface area (Å²) in [6.07, 6.45) is 7.18. The highest BCUT2D eigenvalue weighted by Gasteiger charge is 2.35. The van der Waals surface area contributed by atoms with E-state index in [4.69, 9.17) is 0 Å². The zero-order valence-electron chi connectivity index (χ0n) is 9.83. The lowest BCUT2D eigenvalue weighted by atomic mass is 9.82. The monoisotopic (exact) mass is 207 g/mol. The van der Waals surface area contributed by atoms with Crippen LogP contribution in [0.1, 0.15) is 39.5 Å². The number of rotatable bonds is 1. The normalized spacial score (nSPS) is 29.9. The molecule has 0 aromatic carbocycles. The standard InChI is InChI=1S/C13H21NO/c1-10(2)7-13(15)14-8-11-5-3-4-6-12(11)9-14/h7,11-12H,3-6,8-9H2,1-2H3/t11-,12+. The third kappa shape index (κ3) is 2.42. The minimum atomic E-state index is 0.226. The molecule has 1 amide bonds. The summed E-state index contributed by atoms with van der Waals surface area (Å²) in [4.78, 5) is 13.9. The van der Waals surface area contributed by atoms with Gasteiger partial charge in [-0.1, -0.05) is 18.4 Å². The summed E-state index contributed by atoms with van der Waals surface area (Å²) in [5, 5.41) is 0. The molecule has 1 saturated carbocycles. The van der Waals surface area contributed by atoms with E-state index in [0.29, 0.717) is 0 Å². The van der Waals surface area contributed by atoms with Crippen molar-refractivity contribution in [2.75, 3.05) is 13.1 Å². The number of hydrogen-bond acceptors (Lipinski definition) is 1. The first-order valence-electron chi connectivity index (χ1n) is 6.10. The van der Waals surface area contributed by atoms with Gasteiger partial charge in [0.2, 0.25) is 5.91 Å². The Hall–Kier alpha value is -0.790. The molecular weight excluding hydrogens is 186 g/mol.